The van der Waals surface area contributed by atoms with E-state index in [9.17, 15) is 9.46 Å². The van der Waals surface area contributed by atoms with Crippen molar-refractivity contribution in [3.63, 3.8) is 0 Å². The predicted molar refractivity (Wildman–Crippen MR) is 79.6 cm³/mol. The number of unbranched alkanes of at least 4 members (excludes halogenated alkanes) is 3. The maximum atomic E-state index is 11.7. The van der Waals surface area contributed by atoms with Crippen LogP contribution in [0.2, 0.25) is 0 Å². The Bertz CT molecular complexity index is 247. The van der Waals surface area contributed by atoms with Crippen LogP contribution in [-0.2, 0) is 9.09 Å². The average molecular weight is 315 g/mol. The van der Waals surface area contributed by atoms with Gasteiger partial charge in [-0.1, -0.05) is 40.0 Å². The minimum absolute atomic E-state index is 0. The van der Waals surface area contributed by atoms with Gasteiger partial charge < -0.3 is 18.9 Å². The Kier molecular flexibility index (Phi) is 17.6. The van der Waals surface area contributed by atoms with Crippen LogP contribution in [0.25, 0.3) is 0 Å². The van der Waals surface area contributed by atoms with Crippen molar-refractivity contribution in [2.45, 2.75) is 59.3 Å². The third-order valence-electron chi connectivity index (χ3n) is 3.13. The van der Waals surface area contributed by atoms with E-state index in [2.05, 4.69) is 18.7 Å². The first kappa shape index (κ1) is 23.4. The number of hydrogen-bond donors (Lipinski definition) is 0. The SMILES string of the molecule is CCCCOP(=O)([O-])CCN(CCCC)CCCC.[Na+]. The fourth-order valence-electron chi connectivity index (χ4n) is 1.78. The van der Waals surface area contributed by atoms with Crippen molar-refractivity contribution in [1.29, 1.82) is 0 Å². The Labute approximate surface area is 147 Å². The molecule has 0 N–H and O–H groups in total. The molecule has 20 heavy (non-hydrogen) atoms. The number of nitrogens with zero attached hydrogens (tertiary/aromatic N) is 1. The van der Waals surface area contributed by atoms with Crippen LogP contribution in [0.4, 0.5) is 0 Å². The molecule has 0 saturated heterocycles. The molecule has 0 aromatic carbocycles. The third kappa shape index (κ3) is 14.1. The standard InChI is InChI=1S/C14H32NO3P.Na/c1-4-7-10-15(11-8-5-2)12-14-19(16,17)18-13-9-6-3;/h4-14H2,1-3H3,(H,16,17);/q;+1/p-1. The van der Waals surface area contributed by atoms with Gasteiger partial charge in [0, 0.05) is 12.7 Å². The van der Waals surface area contributed by atoms with E-state index in [0.717, 1.165) is 51.6 Å². The van der Waals surface area contributed by atoms with Crippen LogP contribution in [0.3, 0.4) is 0 Å². The van der Waals surface area contributed by atoms with Crippen molar-refractivity contribution in [2.75, 3.05) is 32.4 Å². The van der Waals surface area contributed by atoms with Crippen molar-refractivity contribution >= 4 is 7.60 Å². The Hall–Kier alpha value is 1.11. The van der Waals surface area contributed by atoms with Gasteiger partial charge in [0.1, 0.15) is 7.60 Å². The van der Waals surface area contributed by atoms with Gasteiger partial charge in [0.05, 0.1) is 6.61 Å². The molecule has 0 aromatic rings. The van der Waals surface area contributed by atoms with Gasteiger partial charge in [0.25, 0.3) is 0 Å². The fourth-order valence-corrected chi connectivity index (χ4v) is 2.84. The maximum absolute atomic E-state index is 11.7. The molecule has 0 bridgehead atoms. The summed E-state index contributed by atoms with van der Waals surface area (Å²) in [5.41, 5.74) is 0. The largest absolute Gasteiger partial charge is 1.00 e. The summed E-state index contributed by atoms with van der Waals surface area (Å²) < 4.78 is 16.7. The zero-order valence-corrected chi connectivity index (χ0v) is 16.8. The van der Waals surface area contributed by atoms with Crippen LogP contribution < -0.4 is 34.5 Å². The van der Waals surface area contributed by atoms with Crippen molar-refractivity contribution in [2.24, 2.45) is 0 Å². The maximum Gasteiger partial charge on any atom is 1.00 e. The first-order valence-electron chi connectivity index (χ1n) is 7.72. The van der Waals surface area contributed by atoms with Crippen molar-refractivity contribution in [3.05, 3.63) is 0 Å². The van der Waals surface area contributed by atoms with Crippen LogP contribution in [-0.4, -0.2) is 37.3 Å². The molecule has 116 valence electrons. The molecule has 0 saturated carbocycles. The van der Waals surface area contributed by atoms with Crippen LogP contribution >= 0.6 is 7.60 Å². The van der Waals surface area contributed by atoms with E-state index < -0.39 is 7.60 Å². The number of hydrogen-bond acceptors (Lipinski definition) is 4. The molecule has 0 spiro atoms. The Morgan fingerprint density at radius 3 is 1.90 bits per heavy atom. The molecule has 0 heterocycles. The van der Waals surface area contributed by atoms with Gasteiger partial charge in [-0.2, -0.15) is 0 Å². The van der Waals surface area contributed by atoms with Crippen LogP contribution in [0.1, 0.15) is 59.3 Å². The summed E-state index contributed by atoms with van der Waals surface area (Å²) in [7, 11) is -3.63. The van der Waals surface area contributed by atoms with E-state index in [0.29, 0.717) is 13.2 Å². The second-order valence-electron chi connectivity index (χ2n) is 5.07. The molecule has 0 radical (unpaired) electrons. The third-order valence-corrected chi connectivity index (χ3v) is 4.46. The molecule has 0 aliphatic heterocycles. The second kappa shape index (κ2) is 15.0. The van der Waals surface area contributed by atoms with Gasteiger partial charge in [-0.15, -0.1) is 0 Å². The molecular weight excluding hydrogens is 284 g/mol. The van der Waals surface area contributed by atoms with Crippen molar-refractivity contribution in [1.82, 2.24) is 4.90 Å². The summed E-state index contributed by atoms with van der Waals surface area (Å²) >= 11 is 0. The molecule has 0 fully saturated rings. The van der Waals surface area contributed by atoms with Gasteiger partial charge in [-0.3, -0.25) is 0 Å². The Morgan fingerprint density at radius 1 is 0.950 bits per heavy atom. The zero-order chi connectivity index (χ0) is 14.6. The van der Waals surface area contributed by atoms with E-state index in [4.69, 9.17) is 4.52 Å². The summed E-state index contributed by atoms with van der Waals surface area (Å²) in [5, 5.41) is 0. The van der Waals surface area contributed by atoms with Crippen LogP contribution in [0, 0.1) is 0 Å². The predicted octanol–water partition coefficient (Wildman–Crippen LogP) is 0.263. The average Bonchev–Trinajstić information content (AvgIpc) is 2.38. The van der Waals surface area contributed by atoms with Crippen molar-refractivity contribution in [3.8, 4) is 0 Å². The van der Waals surface area contributed by atoms with Gasteiger partial charge in [-0.25, -0.2) is 0 Å². The topological polar surface area (TPSA) is 52.6 Å². The first-order valence-corrected chi connectivity index (χ1v) is 9.45. The quantitative estimate of drug-likeness (QED) is 0.278. The molecule has 6 heteroatoms. The van der Waals surface area contributed by atoms with E-state index in [1.807, 2.05) is 6.92 Å². The van der Waals surface area contributed by atoms with E-state index >= 15 is 0 Å². The van der Waals surface area contributed by atoms with Crippen LogP contribution in [0.5, 0.6) is 0 Å². The normalized spacial score (nSPS) is 14.1. The summed E-state index contributed by atoms with van der Waals surface area (Å²) in [6.45, 7) is 9.26. The molecule has 0 aromatic heterocycles. The number of rotatable bonds is 13. The molecule has 4 nitrogen and oxygen atoms in total. The first-order chi connectivity index (χ1) is 9.05. The van der Waals surface area contributed by atoms with Crippen LogP contribution in [0.15, 0.2) is 0 Å². The minimum Gasteiger partial charge on any atom is -0.778 e. The summed E-state index contributed by atoms with van der Waals surface area (Å²) in [6.07, 6.45) is 6.45. The van der Waals surface area contributed by atoms with Gasteiger partial charge in [-0.05, 0) is 32.4 Å². The molecular formula is C14H31NNaO3P. The second-order valence-corrected chi connectivity index (χ2v) is 7.00. The van der Waals surface area contributed by atoms with Gasteiger partial charge in [0.2, 0.25) is 0 Å². The molecule has 0 rings (SSSR count). The molecule has 1 unspecified atom stereocenters. The molecule has 0 amide bonds. The fraction of sp³-hybridized carbons (Fsp3) is 1.00. The summed E-state index contributed by atoms with van der Waals surface area (Å²) in [5.74, 6) is 0. The molecule has 0 aliphatic rings. The molecule has 0 aliphatic carbocycles. The van der Waals surface area contributed by atoms with E-state index in [1.54, 1.807) is 0 Å². The Balaban J connectivity index is 0. The van der Waals surface area contributed by atoms with Gasteiger partial charge >= 0.3 is 29.6 Å². The molecule has 1 atom stereocenters. The smallest absolute Gasteiger partial charge is 0.778 e. The zero-order valence-electron chi connectivity index (χ0n) is 13.9. The Morgan fingerprint density at radius 2 is 1.45 bits per heavy atom. The van der Waals surface area contributed by atoms with E-state index in [1.165, 1.54) is 0 Å². The summed E-state index contributed by atoms with van der Waals surface area (Å²) in [4.78, 5) is 14.0. The monoisotopic (exact) mass is 315 g/mol. The van der Waals surface area contributed by atoms with Gasteiger partial charge in [0.15, 0.2) is 0 Å². The summed E-state index contributed by atoms with van der Waals surface area (Å²) in [6, 6.07) is 0. The minimum atomic E-state index is -3.63. The van der Waals surface area contributed by atoms with E-state index in [-0.39, 0.29) is 35.7 Å². The van der Waals surface area contributed by atoms with Crippen molar-refractivity contribution < 1.29 is 43.5 Å².